The molecule has 4 amide bonds. The molecule has 0 bridgehead atoms. The third-order valence-electron chi connectivity index (χ3n) is 9.41. The van der Waals surface area contributed by atoms with E-state index in [0.717, 1.165) is 72.0 Å². The molecule has 2 aliphatic rings. The predicted molar refractivity (Wildman–Crippen MR) is 183 cm³/mol. The summed E-state index contributed by atoms with van der Waals surface area (Å²) in [5.41, 5.74) is 3.63. The highest BCUT2D eigenvalue weighted by atomic mass is 79.9. The second-order valence-corrected chi connectivity index (χ2v) is 16.9. The van der Waals surface area contributed by atoms with Gasteiger partial charge in [-0.1, -0.05) is 51.0 Å². The number of halogens is 2. The molecule has 0 aromatic heterocycles. The summed E-state index contributed by atoms with van der Waals surface area (Å²) in [4.78, 5) is 55.0. The Labute approximate surface area is 309 Å². The third kappa shape index (κ3) is 10.1. The minimum absolute atomic E-state index is 0. The lowest BCUT2D eigenvalue weighted by atomic mass is 9.90. The summed E-state index contributed by atoms with van der Waals surface area (Å²) in [7, 11) is 8.96. The van der Waals surface area contributed by atoms with Crippen LogP contribution in [0.2, 0.25) is 0 Å². The number of quaternary nitrogens is 2. The van der Waals surface area contributed by atoms with Crippen LogP contribution < -0.4 is 34.0 Å². The van der Waals surface area contributed by atoms with Crippen molar-refractivity contribution >= 4 is 23.6 Å². The van der Waals surface area contributed by atoms with Gasteiger partial charge >= 0.3 is 0 Å². The monoisotopic (exact) mass is 790 g/mol. The highest BCUT2D eigenvalue weighted by Gasteiger charge is 2.42. The Balaban J connectivity index is 0.00000400. The molecule has 0 saturated carbocycles. The van der Waals surface area contributed by atoms with Gasteiger partial charge in [-0.25, -0.2) is 0 Å². The fourth-order valence-electron chi connectivity index (χ4n) is 7.96. The van der Waals surface area contributed by atoms with Crippen LogP contribution >= 0.6 is 0 Å². The van der Waals surface area contributed by atoms with Crippen LogP contribution in [0.1, 0.15) is 106 Å². The number of carbonyl (C=O) groups is 4. The molecule has 8 nitrogen and oxygen atoms in total. The van der Waals surface area contributed by atoms with Crippen LogP contribution in [-0.2, 0) is 0 Å². The molecule has 0 unspecified atom stereocenters. The number of hydrogen-bond acceptors (Lipinski definition) is 4. The first kappa shape index (κ1) is 41.8. The second kappa shape index (κ2) is 15.7. The first-order chi connectivity index (χ1) is 21.2. The summed E-state index contributed by atoms with van der Waals surface area (Å²) in [5, 5.41) is 0. The number of carbonyl (C=O) groups excluding carboxylic acids is 4. The average molecular weight is 793 g/mol. The molecule has 0 spiro atoms. The van der Waals surface area contributed by atoms with Crippen molar-refractivity contribution in [1.82, 2.24) is 9.80 Å². The van der Waals surface area contributed by atoms with Crippen LogP contribution in [0.25, 0.3) is 0 Å². The number of benzene rings is 2. The standard InChI is InChI=1S/C38H56N4O4.2BrH/c1-27-15-17-29-31(21-27)35(45)39(33(29)43)23-37(3,4)25-41(7,8)19-13-11-12-14-20-42(9,10)26-38(5,6)24-40-34(44)30-18-16-28(2)22-32(30)36(40)46;;/h15-18,21-22H,11-14,19-20,23-26H2,1-10H3;2*1H/q+2;;/p-2. The number of nitrogens with zero attached hydrogens (tertiary/aromatic N) is 4. The zero-order valence-corrected chi connectivity index (χ0v) is 33.9. The molecule has 2 aromatic carbocycles. The fourth-order valence-corrected chi connectivity index (χ4v) is 7.96. The lowest BCUT2D eigenvalue weighted by Gasteiger charge is -2.39. The van der Waals surface area contributed by atoms with Gasteiger partial charge in [0.25, 0.3) is 23.6 Å². The van der Waals surface area contributed by atoms with Gasteiger partial charge in [0.05, 0.1) is 76.6 Å². The van der Waals surface area contributed by atoms with Gasteiger partial charge in [0.1, 0.15) is 0 Å². The molecule has 0 aliphatic carbocycles. The van der Waals surface area contributed by atoms with E-state index in [1.807, 2.05) is 38.1 Å². The van der Waals surface area contributed by atoms with Crippen LogP contribution in [0.3, 0.4) is 0 Å². The topological polar surface area (TPSA) is 74.8 Å². The Kier molecular flexibility index (Phi) is 13.6. The van der Waals surface area contributed by atoms with E-state index >= 15 is 0 Å². The Morgan fingerprint density at radius 1 is 0.521 bits per heavy atom. The van der Waals surface area contributed by atoms with Crippen LogP contribution in [0.15, 0.2) is 36.4 Å². The number of unbranched alkanes of at least 4 members (excludes halogenated alkanes) is 3. The largest absolute Gasteiger partial charge is 1.00 e. The predicted octanol–water partition coefficient (Wildman–Crippen LogP) is -0.0308. The number of fused-ring (bicyclic) bond motifs is 2. The smallest absolute Gasteiger partial charge is 0.261 e. The molecule has 266 valence electrons. The van der Waals surface area contributed by atoms with Gasteiger partial charge in [-0.15, -0.1) is 0 Å². The normalized spacial score (nSPS) is 15.0. The second-order valence-electron chi connectivity index (χ2n) is 16.9. The maximum atomic E-state index is 13.0. The van der Waals surface area contributed by atoms with Crippen LogP contribution in [0.5, 0.6) is 0 Å². The van der Waals surface area contributed by atoms with Gasteiger partial charge in [-0.3, -0.25) is 29.0 Å². The lowest BCUT2D eigenvalue weighted by Crippen LogP contribution is -3.00. The Morgan fingerprint density at radius 2 is 0.833 bits per heavy atom. The summed E-state index contributed by atoms with van der Waals surface area (Å²) in [5.74, 6) is -0.709. The molecule has 2 aliphatic heterocycles. The number of rotatable bonds is 15. The first-order valence-corrected chi connectivity index (χ1v) is 16.8. The van der Waals surface area contributed by atoms with Crippen molar-refractivity contribution in [2.75, 3.05) is 67.5 Å². The molecule has 0 radical (unpaired) electrons. The molecule has 0 atom stereocenters. The van der Waals surface area contributed by atoms with E-state index < -0.39 is 0 Å². The number of amides is 4. The minimum atomic E-state index is -0.216. The van der Waals surface area contributed by atoms with E-state index in [1.165, 1.54) is 9.80 Å². The third-order valence-corrected chi connectivity index (χ3v) is 9.41. The van der Waals surface area contributed by atoms with E-state index in [1.54, 1.807) is 12.1 Å². The summed E-state index contributed by atoms with van der Waals surface area (Å²) in [6.07, 6.45) is 4.54. The average Bonchev–Trinajstić information content (AvgIpc) is 3.28. The first-order valence-electron chi connectivity index (χ1n) is 16.8. The number of imide groups is 2. The Morgan fingerprint density at radius 3 is 1.17 bits per heavy atom. The van der Waals surface area contributed by atoms with Crippen LogP contribution in [0, 0.1) is 24.7 Å². The summed E-state index contributed by atoms with van der Waals surface area (Å²) in [6, 6.07) is 11.0. The van der Waals surface area contributed by atoms with Crippen LogP contribution in [0.4, 0.5) is 0 Å². The van der Waals surface area contributed by atoms with E-state index in [-0.39, 0.29) is 68.4 Å². The molecule has 0 N–H and O–H groups in total. The Bertz CT molecular complexity index is 1420. The van der Waals surface area contributed by atoms with Crippen molar-refractivity contribution in [2.24, 2.45) is 10.8 Å². The zero-order valence-electron chi connectivity index (χ0n) is 30.7. The van der Waals surface area contributed by atoms with Gasteiger partial charge in [0.15, 0.2) is 0 Å². The van der Waals surface area contributed by atoms with E-state index in [9.17, 15) is 19.2 Å². The van der Waals surface area contributed by atoms with E-state index in [4.69, 9.17) is 0 Å². The maximum absolute atomic E-state index is 13.0. The van der Waals surface area contributed by atoms with Gasteiger partial charge in [0, 0.05) is 23.9 Å². The van der Waals surface area contributed by atoms with E-state index in [2.05, 4.69) is 55.9 Å². The van der Waals surface area contributed by atoms with Crippen LogP contribution in [-0.4, -0.2) is 110 Å². The van der Waals surface area contributed by atoms with E-state index in [0.29, 0.717) is 35.3 Å². The quantitative estimate of drug-likeness (QED) is 0.145. The molecular weight excluding hydrogens is 736 g/mol. The van der Waals surface area contributed by atoms with Crippen molar-refractivity contribution in [3.8, 4) is 0 Å². The molecule has 2 heterocycles. The summed E-state index contributed by atoms with van der Waals surface area (Å²) < 4.78 is 1.67. The Hall–Kier alpha value is -2.40. The molecule has 0 saturated heterocycles. The van der Waals surface area contributed by atoms with Gasteiger partial charge in [-0.05, 0) is 63.8 Å². The van der Waals surface area contributed by atoms with Crippen molar-refractivity contribution in [3.63, 3.8) is 0 Å². The minimum Gasteiger partial charge on any atom is -1.00 e. The van der Waals surface area contributed by atoms with Gasteiger partial charge < -0.3 is 42.9 Å². The summed E-state index contributed by atoms with van der Waals surface area (Å²) >= 11 is 0. The number of aryl methyl sites for hydroxylation is 2. The van der Waals surface area contributed by atoms with Crippen molar-refractivity contribution in [2.45, 2.75) is 67.2 Å². The highest BCUT2D eigenvalue weighted by Crippen LogP contribution is 2.31. The summed E-state index contributed by atoms with van der Waals surface area (Å²) in [6.45, 7) is 17.1. The van der Waals surface area contributed by atoms with Crippen molar-refractivity contribution < 1.29 is 62.1 Å². The zero-order chi connectivity index (χ0) is 34.2. The molecule has 0 fully saturated rings. The molecule has 48 heavy (non-hydrogen) atoms. The SMILES string of the molecule is Cc1ccc2c(c1)C(=O)N(CC(C)(C)C[N+](C)(C)CCCCCC[N+](C)(C)CC(C)(C)CN1C(=O)c3ccc(C)cc3C1=O)C2=O.[Br-].[Br-]. The van der Waals surface area contributed by atoms with Gasteiger partial charge in [0.2, 0.25) is 0 Å². The van der Waals surface area contributed by atoms with Crippen molar-refractivity contribution in [3.05, 3.63) is 69.8 Å². The lowest BCUT2D eigenvalue weighted by molar-refractivity contribution is -0.897. The molecular formula is C38H56Br2N4O4. The van der Waals surface area contributed by atoms with Gasteiger partial charge in [-0.2, -0.15) is 0 Å². The maximum Gasteiger partial charge on any atom is 0.261 e. The molecule has 4 rings (SSSR count). The number of hydrogen-bond donors (Lipinski definition) is 0. The highest BCUT2D eigenvalue weighted by molar-refractivity contribution is 6.22. The fraction of sp³-hybridized carbons (Fsp3) is 0.579. The molecule has 2 aromatic rings. The van der Waals surface area contributed by atoms with Crippen molar-refractivity contribution in [1.29, 1.82) is 0 Å². The molecule has 10 heteroatoms.